The second-order valence-electron chi connectivity index (χ2n) is 44.7. The zero-order valence-corrected chi connectivity index (χ0v) is 119. The Morgan fingerprint density at radius 3 is 0.900 bits per heavy atom. The van der Waals surface area contributed by atoms with E-state index < -0.39 is 39.7 Å². The molecule has 0 aromatic heterocycles. The molecule has 0 heterocycles. The number of hydrogen-bond donors (Lipinski definition) is 0. The maximum absolute atomic E-state index is 11.7. The van der Waals surface area contributed by atoms with Gasteiger partial charge in [-0.25, -0.2) is 36.3 Å². The average molecular weight is 2870 g/mol. The summed E-state index contributed by atoms with van der Waals surface area (Å²) in [6, 6.07) is 6.64. The summed E-state index contributed by atoms with van der Waals surface area (Å²) in [5.74, 6) is 12.8. The third kappa shape index (κ3) is 106. The normalized spacial score (nSPS) is 11.4. The molecule has 0 N–H and O–H groups in total. The summed E-state index contributed by atoms with van der Waals surface area (Å²) in [6.07, 6.45) is 6.32. The summed E-state index contributed by atoms with van der Waals surface area (Å²) in [5.41, 5.74) is 0. The minimum absolute atomic E-state index is 0. The van der Waals surface area contributed by atoms with Crippen LogP contribution >= 0.6 is 0 Å². The van der Waals surface area contributed by atoms with Crippen molar-refractivity contribution in [2.75, 3.05) is 87.5 Å². The van der Waals surface area contributed by atoms with E-state index in [4.69, 9.17) is 0 Å². The molecule has 0 unspecified atom stereocenters. The smallest absolute Gasteiger partial charge is 0.319 e. The number of carbonyl (C=O) groups is 4. The second kappa shape index (κ2) is 101. The largest absolute Gasteiger partial charge is 0.603 e. The van der Waals surface area contributed by atoms with E-state index in [0.717, 1.165) is 67.5 Å². The molecule has 0 aromatic rings. The first-order chi connectivity index (χ1) is 58.5. The van der Waals surface area contributed by atoms with Crippen LogP contribution in [0.5, 0.6) is 0 Å². The van der Waals surface area contributed by atoms with Crippen LogP contribution in [-0.2, 0) is 229 Å². The predicted octanol–water partition coefficient (Wildman–Crippen LogP) is 27.1. The molecule has 20 nitrogen and oxygen atoms in total. The third-order valence-electron chi connectivity index (χ3n) is 21.4. The second-order valence-corrected chi connectivity index (χ2v) is 54.3. The van der Waals surface area contributed by atoms with Gasteiger partial charge in [0, 0.05) is 285 Å². The fourth-order valence-corrected chi connectivity index (χ4v) is 18.3. The van der Waals surface area contributed by atoms with Crippen LogP contribution in [0.25, 0.3) is 0 Å². The molecule has 0 atom stereocenters. The van der Waals surface area contributed by atoms with Crippen molar-refractivity contribution in [3.8, 4) is 0 Å². The van der Waals surface area contributed by atoms with Gasteiger partial charge in [0.2, 0.25) is 20.0 Å². The number of sulfone groups is 2. The Hall–Kier alpha value is 2.87. The molecule has 0 aromatic carbocycles. The number of ketones is 1. The SMILES string of the molecule is CC(C)CN(C)C(=O)N(C)C(C)C.CC(C)CN(C)S(=O)(=O)C(C)C.CC(C)CS(=O)(=O)N(C)C(C)C.C[C-](C(=O)N(C)CC(C)C)C(C)C.C[C-](C(C)C)S(=O)(=O)CC(C)C.C[C-](CC(C)C)C(=O)C(C)C.C[C-](CC(C)C)C(C)C.C[C-](CC(C)C)N(C)C(=O)C(C)C.C[C-](CC(C)C)N(C)C(C)C.C[C-](CC(C)C)N(C)[C-](C)C(C)C.C[C-](CC(C)C)S(=O)(=O)C(C)C.[Rh].[Rh].[Rh].[Rh].[Rh].[Rh].[Rh].[Rh].[Rh]. The molecule has 881 valence electrons. The van der Waals surface area contributed by atoms with E-state index in [-0.39, 0.29) is 257 Å². The predicted molar refractivity (Wildman–Crippen MR) is 578 cm³/mol. The van der Waals surface area contributed by atoms with Gasteiger partial charge in [0.1, 0.15) is 0 Å². The quantitative estimate of drug-likeness (QED) is 0.0408. The zero-order valence-electron chi connectivity index (χ0n) is 101. The van der Waals surface area contributed by atoms with Gasteiger partial charge >= 0.3 is 6.03 Å². The van der Waals surface area contributed by atoms with Gasteiger partial charge in [0.25, 0.3) is 0 Å². The van der Waals surface area contributed by atoms with Gasteiger partial charge in [-0.1, -0.05) is 306 Å². The zero-order chi connectivity index (χ0) is 108. The van der Waals surface area contributed by atoms with E-state index in [1.165, 1.54) is 46.0 Å². The van der Waals surface area contributed by atoms with Crippen molar-refractivity contribution >= 4 is 63.3 Å². The number of Topliss-reactive ketones (excluding diaryl/α,β-unsaturated/α-hetero) is 1. The van der Waals surface area contributed by atoms with Crippen LogP contribution in [0.4, 0.5) is 4.79 Å². The summed E-state index contributed by atoms with van der Waals surface area (Å²) in [7, 11) is 3.06. The summed E-state index contributed by atoms with van der Waals surface area (Å²) in [6.45, 7) is 111. The Morgan fingerprint density at radius 1 is 0.314 bits per heavy atom. The molecule has 0 rings (SSSR count). The number of sulfonamides is 2. The Bertz CT molecular complexity index is 3150. The van der Waals surface area contributed by atoms with Crippen molar-refractivity contribution in [1.29, 1.82) is 0 Å². The van der Waals surface area contributed by atoms with Gasteiger partial charge in [-0.15, -0.1) is 0 Å². The number of rotatable bonds is 43. The molecule has 9 radical (unpaired) electrons. The first kappa shape index (κ1) is 190. The van der Waals surface area contributed by atoms with Crippen LogP contribution in [0.15, 0.2) is 0 Å². The van der Waals surface area contributed by atoms with Crippen molar-refractivity contribution < 1.29 is 228 Å². The van der Waals surface area contributed by atoms with Crippen molar-refractivity contribution in [3.63, 3.8) is 0 Å². The maximum Gasteiger partial charge on any atom is 0.319 e. The standard InChI is InChI=1S/C12H25N.2C11H22NO.C10H22N2O.C10H22N.C10H19O.2C9H19O2S.C9H19.2C8H19NO2S.9Rh/c1-9(2)8-11(5)13(7)12(6)10(3)4;1-8(2)7-12(6)11(13)10(5)9(3)4;1-8(2)7-10(5)12(6)11(13)9(3)4;1-8(2)7-11(5)10(13)12(6)9(3)4;1-8(2)7-10(5)11(6)9(3)4;1-7(2)6-9(5)10(11)8(3)4;1-7(2)6-12(10,11)9(5)8(3)4;1-7(2)6-9(5)12(10,11)8(3)4;1-7(2)6-9(5)8(3)4;1-7(2)6-12(10,11)9(5)8(3)4;1-7(2)6-9(5)12(10,11)8(3)4;;;;;;;;;/h9-10H,8H2,1-7H3;3*8-9H,7H2,1-6H3;8-9H,7H2,1-6H3;7-8H,6H2,1-5H3;2*7-8H,6H2,1-5H3;7-8H,6H2,1-5H3;2*7-8H,6H2,1-5H3;;;;;;;;;/q-2;2*-1;;5*-1;;;;;;;;;;;. The molecule has 0 aliphatic carbocycles. The number of amides is 4. The molecule has 0 aliphatic rings. The monoisotopic (exact) mass is 2870 g/mol. The first-order valence-electron chi connectivity index (χ1n) is 49.8. The van der Waals surface area contributed by atoms with Crippen molar-refractivity contribution in [3.05, 3.63) is 52.4 Å². The molecule has 4 amide bonds. The van der Waals surface area contributed by atoms with Crippen molar-refractivity contribution in [2.24, 2.45) is 101 Å². The molecule has 0 aliphatic heterocycles. The molecule has 0 saturated heterocycles. The van der Waals surface area contributed by atoms with Gasteiger partial charge < -0.3 is 50.8 Å². The van der Waals surface area contributed by atoms with Crippen LogP contribution in [0.2, 0.25) is 0 Å². The third-order valence-corrected chi connectivity index (χ3v) is 31.0. The molecule has 33 heteroatoms. The maximum atomic E-state index is 11.7. The van der Waals surface area contributed by atoms with Crippen LogP contribution in [0.3, 0.4) is 0 Å². The molecule has 0 saturated carbocycles. The van der Waals surface area contributed by atoms with Gasteiger partial charge in [0.15, 0.2) is 5.91 Å². The summed E-state index contributed by atoms with van der Waals surface area (Å²) >= 11 is 0. The van der Waals surface area contributed by atoms with Crippen LogP contribution in [0, 0.1) is 153 Å². The van der Waals surface area contributed by atoms with Crippen LogP contribution in [0.1, 0.15) is 405 Å². The van der Waals surface area contributed by atoms with Gasteiger partial charge in [-0.2, -0.15) is 135 Å². The summed E-state index contributed by atoms with van der Waals surface area (Å²) in [5, 5.41) is 0.626. The Morgan fingerprint density at radius 2 is 0.650 bits per heavy atom. The minimum Gasteiger partial charge on any atom is -0.603 e. The molecule has 0 bridgehead atoms. The Balaban J connectivity index is -0.0000000625. The van der Waals surface area contributed by atoms with Crippen LogP contribution in [-0.4, -0.2) is 211 Å². The molecule has 0 fully saturated rings. The number of carbonyl (C=O) groups excluding carboxylic acids is 4. The molecule has 140 heavy (non-hydrogen) atoms. The van der Waals surface area contributed by atoms with E-state index in [1.54, 1.807) is 81.2 Å². The van der Waals surface area contributed by atoms with Crippen LogP contribution < -0.4 is 0 Å². The van der Waals surface area contributed by atoms with Gasteiger partial charge in [0.05, 0.1) is 16.9 Å². The minimum atomic E-state index is -3.04. The fourth-order valence-electron chi connectivity index (χ4n) is 12.1. The summed E-state index contributed by atoms with van der Waals surface area (Å²) < 4.78 is 95.0. The molecule has 0 spiro atoms. The molecular formula is C107H227N8O12Rh9S4-9. The topological polar surface area (TPSA) is 231 Å². The Labute approximate surface area is 993 Å². The van der Waals surface area contributed by atoms with Crippen molar-refractivity contribution in [2.45, 2.75) is 434 Å². The van der Waals surface area contributed by atoms with E-state index in [9.17, 15) is 52.8 Å². The fraction of sp³-hybridized carbons (Fsp3) is 0.879. The van der Waals surface area contributed by atoms with Gasteiger partial charge in [-0.3, -0.25) is 45.7 Å². The Kier molecular flexibility index (Phi) is 138. The molecular weight excluding hydrogens is 2640 g/mol. The number of hydrogen-bond acceptors (Lipinski definition) is 14. The number of urea groups is 1. The number of nitrogens with zero attached hydrogens (tertiary/aromatic N) is 8. The van der Waals surface area contributed by atoms with E-state index in [1.807, 2.05) is 174 Å². The van der Waals surface area contributed by atoms with Gasteiger partial charge in [-0.05, 0) is 97.2 Å². The van der Waals surface area contributed by atoms with E-state index >= 15 is 0 Å². The van der Waals surface area contributed by atoms with E-state index in [0.29, 0.717) is 82.6 Å². The summed E-state index contributed by atoms with van der Waals surface area (Å²) in [4.78, 5) is 58.1. The van der Waals surface area contributed by atoms with E-state index in [2.05, 4.69) is 204 Å². The average Bonchev–Trinajstić information content (AvgIpc) is 0.857. The first-order valence-corrected chi connectivity index (χ1v) is 56.1. The van der Waals surface area contributed by atoms with Crippen molar-refractivity contribution in [1.82, 2.24) is 38.0 Å².